The lowest BCUT2D eigenvalue weighted by Crippen LogP contribution is -2.26. The number of aryl methyl sites for hydroxylation is 1. The number of esters is 1. The summed E-state index contributed by atoms with van der Waals surface area (Å²) in [5.74, 6) is -2.61. The number of fused-ring (bicyclic) bond motifs is 1. The van der Waals surface area contributed by atoms with Crippen LogP contribution >= 0.6 is 0 Å². The Morgan fingerprint density at radius 2 is 1.44 bits per heavy atom. The van der Waals surface area contributed by atoms with Gasteiger partial charge in [0, 0.05) is 5.69 Å². The molecule has 0 saturated heterocycles. The molecule has 0 aliphatic carbocycles. The van der Waals surface area contributed by atoms with Crippen molar-refractivity contribution in [2.24, 2.45) is 0 Å². The summed E-state index contributed by atoms with van der Waals surface area (Å²) in [6, 6.07) is 27.3. The number of ketones is 1. The van der Waals surface area contributed by atoms with Crippen molar-refractivity contribution in [3.63, 3.8) is 0 Å². The molecule has 1 N–H and O–H groups in total. The first-order valence-electron chi connectivity index (χ1n) is 12.2. The van der Waals surface area contributed by atoms with Gasteiger partial charge in [0.1, 0.15) is 0 Å². The lowest BCUT2D eigenvalue weighted by Gasteiger charge is -2.13. The lowest BCUT2D eigenvalue weighted by molar-refractivity contribution is -0.112. The number of para-hydroxylation sites is 2. The Morgan fingerprint density at radius 1 is 0.821 bits per heavy atom. The molecule has 0 aliphatic rings. The predicted octanol–water partition coefficient (Wildman–Crippen LogP) is 5.51. The van der Waals surface area contributed by atoms with Crippen molar-refractivity contribution in [3.8, 4) is 5.69 Å². The molecule has 0 atom stereocenters. The number of methoxy groups -OCH3 is 1. The van der Waals surface area contributed by atoms with Gasteiger partial charge in [-0.15, -0.1) is 0 Å². The number of carbonyl (C=O) groups is 3. The van der Waals surface area contributed by atoms with Crippen LogP contribution in [0.3, 0.4) is 0 Å². The van der Waals surface area contributed by atoms with Crippen LogP contribution in [0.1, 0.15) is 37.7 Å². The molecule has 192 valence electrons. The van der Waals surface area contributed by atoms with Gasteiger partial charge in [-0.05, 0) is 42.8 Å². The fourth-order valence-corrected chi connectivity index (χ4v) is 4.30. The Hall–Kier alpha value is -5.37. The molecule has 39 heavy (non-hydrogen) atoms. The SMILES string of the molecule is COC(=O)c1c(C(=O)C(=O)Nc2ccccc2)c(/C=C/c2ccccc2)nc2c1c(C)nn2-c1ccccc1. The summed E-state index contributed by atoms with van der Waals surface area (Å²) in [4.78, 5) is 44.9. The quantitative estimate of drug-likeness (QED) is 0.174. The summed E-state index contributed by atoms with van der Waals surface area (Å²) in [5.41, 5.74) is 2.73. The molecular formula is C31H24N4O4. The molecule has 2 aromatic heterocycles. The molecule has 5 rings (SSSR count). The first kappa shape index (κ1) is 25.3. The van der Waals surface area contributed by atoms with Crippen molar-refractivity contribution in [2.75, 3.05) is 12.4 Å². The van der Waals surface area contributed by atoms with Gasteiger partial charge >= 0.3 is 5.97 Å². The van der Waals surface area contributed by atoms with Crippen molar-refractivity contribution in [1.82, 2.24) is 14.8 Å². The Labute approximate surface area is 224 Å². The van der Waals surface area contributed by atoms with E-state index in [4.69, 9.17) is 9.72 Å². The number of ether oxygens (including phenoxy) is 1. The van der Waals surface area contributed by atoms with E-state index in [2.05, 4.69) is 10.4 Å². The minimum absolute atomic E-state index is 0.0666. The van der Waals surface area contributed by atoms with E-state index in [1.807, 2.05) is 60.7 Å². The van der Waals surface area contributed by atoms with Gasteiger partial charge in [-0.25, -0.2) is 14.5 Å². The number of Topliss-reactive ketones (excluding diaryl/α,β-unsaturated/α-hetero) is 1. The number of amides is 1. The largest absolute Gasteiger partial charge is 0.465 e. The summed E-state index contributed by atoms with van der Waals surface area (Å²) < 4.78 is 6.72. The van der Waals surface area contributed by atoms with Crippen LogP contribution in [0.5, 0.6) is 0 Å². The van der Waals surface area contributed by atoms with Crippen LogP contribution in [0.25, 0.3) is 28.9 Å². The summed E-state index contributed by atoms with van der Waals surface area (Å²) in [7, 11) is 1.23. The second-order valence-electron chi connectivity index (χ2n) is 8.66. The third-order valence-electron chi connectivity index (χ3n) is 6.11. The normalized spacial score (nSPS) is 11.0. The molecule has 0 unspecified atom stereocenters. The maximum Gasteiger partial charge on any atom is 0.339 e. The van der Waals surface area contributed by atoms with E-state index in [9.17, 15) is 14.4 Å². The number of nitrogens with zero attached hydrogens (tertiary/aromatic N) is 3. The Balaban J connectivity index is 1.77. The van der Waals surface area contributed by atoms with Crippen molar-refractivity contribution in [1.29, 1.82) is 0 Å². The van der Waals surface area contributed by atoms with E-state index in [1.54, 1.807) is 54.1 Å². The molecule has 1 amide bonds. The van der Waals surface area contributed by atoms with E-state index in [1.165, 1.54) is 7.11 Å². The number of aromatic nitrogens is 3. The van der Waals surface area contributed by atoms with Crippen LogP contribution in [0.2, 0.25) is 0 Å². The number of rotatable bonds is 7. The minimum atomic E-state index is -0.923. The predicted molar refractivity (Wildman–Crippen MR) is 150 cm³/mol. The number of benzene rings is 3. The number of carbonyl (C=O) groups excluding carboxylic acids is 3. The molecule has 8 nitrogen and oxygen atoms in total. The molecule has 2 heterocycles. The van der Waals surface area contributed by atoms with Gasteiger partial charge in [0.2, 0.25) is 0 Å². The van der Waals surface area contributed by atoms with Crippen molar-refractivity contribution in [2.45, 2.75) is 6.92 Å². The highest BCUT2D eigenvalue weighted by molar-refractivity contribution is 6.48. The second-order valence-corrected chi connectivity index (χ2v) is 8.66. The standard InChI is InChI=1S/C31H24N4O4/c1-20-25-27(31(38)39-2)26(28(36)30(37)32-22-14-8-4-9-15-22)24(19-18-21-12-6-3-7-13-21)33-29(25)35(34-20)23-16-10-5-11-17-23/h3-19H,1-2H3,(H,32,37)/b19-18+. The average molecular weight is 517 g/mol. The molecule has 0 spiro atoms. The third-order valence-corrected chi connectivity index (χ3v) is 6.11. The molecule has 3 aromatic carbocycles. The van der Waals surface area contributed by atoms with Gasteiger partial charge < -0.3 is 10.1 Å². The van der Waals surface area contributed by atoms with E-state index >= 15 is 0 Å². The van der Waals surface area contributed by atoms with E-state index in [-0.39, 0.29) is 16.8 Å². The highest BCUT2D eigenvalue weighted by Gasteiger charge is 2.32. The fourth-order valence-electron chi connectivity index (χ4n) is 4.30. The molecule has 5 aromatic rings. The monoisotopic (exact) mass is 516 g/mol. The molecule has 0 radical (unpaired) electrons. The maximum absolute atomic E-state index is 13.7. The van der Waals surface area contributed by atoms with Gasteiger partial charge in [0.05, 0.1) is 40.7 Å². The Morgan fingerprint density at radius 3 is 2.08 bits per heavy atom. The molecule has 0 fully saturated rings. The summed E-state index contributed by atoms with van der Waals surface area (Å²) in [6.07, 6.45) is 3.37. The highest BCUT2D eigenvalue weighted by atomic mass is 16.5. The molecule has 8 heteroatoms. The van der Waals surface area contributed by atoms with Crippen LogP contribution < -0.4 is 5.32 Å². The van der Waals surface area contributed by atoms with E-state index in [0.29, 0.717) is 22.4 Å². The Bertz CT molecular complexity index is 1710. The van der Waals surface area contributed by atoms with Crippen LogP contribution in [0, 0.1) is 6.92 Å². The third kappa shape index (κ3) is 5.08. The van der Waals surface area contributed by atoms with Crippen molar-refractivity contribution < 1.29 is 19.1 Å². The van der Waals surface area contributed by atoms with E-state index < -0.39 is 17.7 Å². The van der Waals surface area contributed by atoms with Crippen molar-refractivity contribution >= 4 is 46.5 Å². The smallest absolute Gasteiger partial charge is 0.339 e. The number of pyridine rings is 1. The minimum Gasteiger partial charge on any atom is -0.465 e. The average Bonchev–Trinajstić information content (AvgIpc) is 3.31. The number of hydrogen-bond donors (Lipinski definition) is 1. The molecule has 0 saturated carbocycles. The zero-order valence-corrected chi connectivity index (χ0v) is 21.3. The van der Waals surface area contributed by atoms with Gasteiger partial charge in [0.15, 0.2) is 5.65 Å². The number of anilines is 1. The first-order valence-corrected chi connectivity index (χ1v) is 12.2. The number of nitrogens with one attached hydrogen (secondary N) is 1. The maximum atomic E-state index is 13.7. The van der Waals surface area contributed by atoms with Crippen LogP contribution in [0.15, 0.2) is 91.0 Å². The Kier molecular flexibility index (Phi) is 7.09. The van der Waals surface area contributed by atoms with E-state index in [0.717, 1.165) is 11.3 Å². The fraction of sp³-hybridized carbons (Fsp3) is 0.0645. The summed E-state index contributed by atoms with van der Waals surface area (Å²) >= 11 is 0. The zero-order chi connectivity index (χ0) is 27.4. The van der Waals surface area contributed by atoms with Gasteiger partial charge in [-0.3, -0.25) is 9.59 Å². The second kappa shape index (κ2) is 10.9. The van der Waals surface area contributed by atoms with Crippen molar-refractivity contribution in [3.05, 3.63) is 119 Å². The van der Waals surface area contributed by atoms with Crippen LogP contribution in [-0.2, 0) is 9.53 Å². The first-order chi connectivity index (χ1) is 19.0. The zero-order valence-electron chi connectivity index (χ0n) is 21.3. The number of hydrogen-bond acceptors (Lipinski definition) is 6. The van der Waals surface area contributed by atoms with Gasteiger partial charge in [0.25, 0.3) is 11.7 Å². The van der Waals surface area contributed by atoms with Crippen LogP contribution in [0.4, 0.5) is 5.69 Å². The summed E-state index contributed by atoms with van der Waals surface area (Å²) in [5, 5.41) is 7.56. The topological polar surface area (TPSA) is 103 Å². The highest BCUT2D eigenvalue weighted by Crippen LogP contribution is 2.30. The van der Waals surface area contributed by atoms with Gasteiger partial charge in [-0.2, -0.15) is 5.10 Å². The summed E-state index contributed by atoms with van der Waals surface area (Å²) in [6.45, 7) is 1.72. The van der Waals surface area contributed by atoms with Gasteiger partial charge in [-0.1, -0.05) is 72.8 Å². The molecule has 0 bridgehead atoms. The lowest BCUT2D eigenvalue weighted by atomic mass is 9.96. The van der Waals surface area contributed by atoms with Crippen LogP contribution in [-0.4, -0.2) is 39.5 Å². The molecular weight excluding hydrogens is 492 g/mol. The molecule has 0 aliphatic heterocycles.